The van der Waals surface area contributed by atoms with Crippen molar-refractivity contribution in [3.05, 3.63) is 53.1 Å². The highest BCUT2D eigenvalue weighted by molar-refractivity contribution is 6.76. The lowest BCUT2D eigenvalue weighted by Crippen LogP contribution is -2.65. The number of fused-ring (bicyclic) bond motifs is 4. The van der Waals surface area contributed by atoms with Gasteiger partial charge in [0.1, 0.15) is 13.7 Å². The molecule has 0 N–H and O–H groups in total. The summed E-state index contributed by atoms with van der Waals surface area (Å²) in [5.74, 6) is 113. The average molecular weight is 962 g/mol. The van der Waals surface area contributed by atoms with Crippen LogP contribution in [0.4, 0.5) is 0 Å². The van der Waals surface area contributed by atoms with Crippen molar-refractivity contribution >= 4 is 13.8 Å². The molecule has 2 saturated carbocycles. The maximum absolute atomic E-state index is 5.03. The molecule has 4 aliphatic carbocycles. The van der Waals surface area contributed by atoms with Gasteiger partial charge < -0.3 is 4.57 Å². The smallest absolute Gasteiger partial charge is 0.144 e. The number of hydrogen-bond donors (Lipinski definition) is 0. The van der Waals surface area contributed by atoms with Crippen molar-refractivity contribution in [3.8, 4) is 262 Å². The van der Waals surface area contributed by atoms with E-state index in [9.17, 15) is 0 Å². The number of nitrogens with zero attached hydrogens (tertiary/aromatic N) is 1. The molecular formula is C73H43NSi. The number of allylic oxidation sites excluding steroid dienone is 4. The topological polar surface area (TPSA) is 3.24 Å². The zero-order chi connectivity index (χ0) is 53.5. The van der Waals surface area contributed by atoms with E-state index in [1.165, 1.54) is 37.7 Å². The van der Waals surface area contributed by atoms with Gasteiger partial charge in [-0.3, -0.25) is 0 Å². The second-order valence-corrected chi connectivity index (χ2v) is 22.7. The second kappa shape index (κ2) is 29.4. The van der Waals surface area contributed by atoms with Crippen molar-refractivity contribution in [2.45, 2.75) is 102 Å². The van der Waals surface area contributed by atoms with Gasteiger partial charge in [0.05, 0.1) is 0 Å². The molecule has 0 bridgehead atoms. The fourth-order valence-corrected chi connectivity index (χ4v) is 16.4. The maximum Gasteiger partial charge on any atom is 0.144 e. The van der Waals surface area contributed by atoms with E-state index in [1.54, 1.807) is 0 Å². The summed E-state index contributed by atoms with van der Waals surface area (Å²) >= 11 is 0. The predicted molar refractivity (Wildman–Crippen MR) is 308 cm³/mol. The van der Waals surface area contributed by atoms with E-state index < -0.39 is 13.7 Å². The predicted octanol–water partition coefficient (Wildman–Crippen LogP) is 7.88. The van der Waals surface area contributed by atoms with Gasteiger partial charge in [0, 0.05) is 58.9 Å². The number of terminal acetylenes is 2. The van der Waals surface area contributed by atoms with Crippen LogP contribution in [0.15, 0.2) is 42.0 Å². The van der Waals surface area contributed by atoms with Crippen LogP contribution < -0.4 is 0 Å². The average Bonchev–Trinajstić information content (AvgIpc) is 3.87. The molecule has 0 amide bonds. The molecule has 0 aliphatic heterocycles. The molecule has 5 rings (SSSR count). The normalized spacial score (nSPS) is 16.1. The molecule has 0 saturated heterocycles. The molecule has 0 spiro atoms. The van der Waals surface area contributed by atoms with Gasteiger partial charge in [0.15, 0.2) is 0 Å². The Hall–Kier alpha value is -10.8. The van der Waals surface area contributed by atoms with Crippen molar-refractivity contribution in [2.75, 3.05) is 0 Å². The summed E-state index contributed by atoms with van der Waals surface area (Å²) in [5.41, 5.74) is 3.99. The van der Waals surface area contributed by atoms with Gasteiger partial charge in [-0.2, -0.15) is 0 Å². The lowest BCUT2D eigenvalue weighted by Gasteiger charge is -2.56. The van der Waals surface area contributed by atoms with Crippen molar-refractivity contribution in [1.82, 2.24) is 4.57 Å². The van der Waals surface area contributed by atoms with E-state index in [1.807, 2.05) is 6.07 Å². The third-order valence-corrected chi connectivity index (χ3v) is 17.1. The molecule has 1 nitrogen and oxygen atoms in total. The third kappa shape index (κ3) is 16.4. The molecule has 1 aromatic rings. The zero-order valence-electron chi connectivity index (χ0n) is 42.7. The summed E-state index contributed by atoms with van der Waals surface area (Å²) in [7, 11) is -2.08. The zero-order valence-corrected chi connectivity index (χ0v) is 43.7. The van der Waals surface area contributed by atoms with Gasteiger partial charge in [0.2, 0.25) is 0 Å². The van der Waals surface area contributed by atoms with Crippen LogP contribution >= 0.6 is 0 Å². The first-order valence-electron chi connectivity index (χ1n) is 23.9. The monoisotopic (exact) mass is 961 g/mol. The van der Waals surface area contributed by atoms with Crippen LogP contribution in [-0.2, 0) is 5.41 Å². The Morgan fingerprint density at radius 1 is 0.493 bits per heavy atom. The highest BCUT2D eigenvalue weighted by Gasteiger charge is 2.56. The first-order chi connectivity index (χ1) is 36.6. The summed E-state index contributed by atoms with van der Waals surface area (Å²) < 4.78 is 3.02. The van der Waals surface area contributed by atoms with Gasteiger partial charge in [-0.05, 0) is 275 Å². The SMILES string of the molecule is C#CC#CC#CC#CC#CC#CC#CC#CC#CC#CC#CC1(C#CC#CC#CC#CC#CC#CC#CC#CC#CC#CC#C)C2=CC3C(C=C2c2ccccc21)CC(C)C3[Si](C)(C)N(C1CCCCC1)C(C)(C)C. The number of hydrogen-bond acceptors (Lipinski definition) is 1. The molecule has 2 heteroatoms. The standard InChI is InChI=1S/C73H43NSi/c1-9-11-13-15-17-19-21-23-25-27-29-31-33-35-37-39-41-43-45-52-58-73(59-53-46-44-42-40-38-36-34-32-30-28-26-24-22-20-18-16-14-12-10-2)69-57-51-50-56-66(69)68-61-64-60-63(3)71(67(64)62-70(68)73)75(7,8)74(72(4,5)6)65-54-48-47-49-55-65/h1-2,50-51,56-57,61-65,67,71H,47-49,54-55,60H2,3-8H3. The highest BCUT2D eigenvalue weighted by Crippen LogP contribution is 2.61. The van der Waals surface area contributed by atoms with Crippen molar-refractivity contribution < 1.29 is 0 Å². The Balaban J connectivity index is 1.47. The molecule has 4 aliphatic rings. The molecule has 0 aromatic heterocycles. The minimum absolute atomic E-state index is 0.0546. The first kappa shape index (κ1) is 55.1. The van der Waals surface area contributed by atoms with Crippen molar-refractivity contribution in [1.29, 1.82) is 0 Å². The lowest BCUT2D eigenvalue weighted by atomic mass is 9.74. The van der Waals surface area contributed by atoms with E-state index in [-0.39, 0.29) is 5.54 Å². The fourth-order valence-electron chi connectivity index (χ4n) is 10.4. The Morgan fingerprint density at radius 2 is 0.853 bits per heavy atom. The Bertz CT molecular complexity index is 3860. The van der Waals surface area contributed by atoms with E-state index in [0.29, 0.717) is 29.3 Å². The Labute approximate surface area is 450 Å². The molecule has 4 unspecified atom stereocenters. The fraction of sp³-hybridized carbons (Fsp3) is 0.260. The Kier molecular flexibility index (Phi) is 21.6. The van der Waals surface area contributed by atoms with Crippen LogP contribution in [0.2, 0.25) is 18.6 Å². The summed E-state index contributed by atoms with van der Waals surface area (Å²) in [4.78, 5) is 0. The van der Waals surface area contributed by atoms with Crippen LogP contribution in [0.3, 0.4) is 0 Å². The number of benzene rings is 1. The minimum atomic E-state index is -2.08. The van der Waals surface area contributed by atoms with E-state index in [0.717, 1.165) is 23.1 Å². The molecule has 0 radical (unpaired) electrons. The summed E-state index contributed by atoms with van der Waals surface area (Å²) in [5, 5.41) is 0. The summed E-state index contributed by atoms with van der Waals surface area (Å²) in [6.07, 6.45) is 22.8. The maximum atomic E-state index is 5.03. The summed E-state index contributed by atoms with van der Waals surface area (Å²) in [6, 6.07) is 9.02. The van der Waals surface area contributed by atoms with E-state index in [2.05, 4.69) is 324 Å². The molecule has 1 aromatic carbocycles. The largest absolute Gasteiger partial charge is 0.316 e. The van der Waals surface area contributed by atoms with Crippen LogP contribution in [-0.4, -0.2) is 24.4 Å². The van der Waals surface area contributed by atoms with Gasteiger partial charge in [-0.1, -0.05) is 87.5 Å². The Morgan fingerprint density at radius 3 is 1.23 bits per heavy atom. The van der Waals surface area contributed by atoms with E-state index in [4.69, 9.17) is 12.8 Å². The van der Waals surface area contributed by atoms with Gasteiger partial charge in [-0.15, -0.1) is 12.8 Å². The van der Waals surface area contributed by atoms with Crippen molar-refractivity contribution in [3.63, 3.8) is 0 Å². The van der Waals surface area contributed by atoms with Crippen LogP contribution in [0.1, 0.15) is 77.3 Å². The van der Waals surface area contributed by atoms with E-state index >= 15 is 0 Å². The molecule has 2 fully saturated rings. The molecule has 75 heavy (non-hydrogen) atoms. The van der Waals surface area contributed by atoms with Crippen LogP contribution in [0.25, 0.3) is 5.57 Å². The van der Waals surface area contributed by atoms with Crippen molar-refractivity contribution in [2.24, 2.45) is 17.8 Å². The lowest BCUT2D eigenvalue weighted by molar-refractivity contribution is 0.139. The molecule has 4 atom stereocenters. The minimum Gasteiger partial charge on any atom is -0.316 e. The number of rotatable bonds is 3. The molecule has 344 valence electrons. The second-order valence-electron chi connectivity index (χ2n) is 18.2. The van der Waals surface area contributed by atoms with Crippen LogP contribution in [0, 0.1) is 279 Å². The first-order valence-corrected chi connectivity index (χ1v) is 26.9. The molecule has 0 heterocycles. The molecular weight excluding hydrogens is 919 g/mol. The van der Waals surface area contributed by atoms with Gasteiger partial charge in [0.25, 0.3) is 0 Å². The van der Waals surface area contributed by atoms with Gasteiger partial charge in [-0.25, -0.2) is 0 Å². The van der Waals surface area contributed by atoms with Gasteiger partial charge >= 0.3 is 0 Å². The summed E-state index contributed by atoms with van der Waals surface area (Å²) in [6.45, 7) is 15.0. The quantitative estimate of drug-likeness (QED) is 0.221. The highest BCUT2D eigenvalue weighted by atomic mass is 28.3. The third-order valence-electron chi connectivity index (χ3n) is 12.2. The van der Waals surface area contributed by atoms with Crippen LogP contribution in [0.5, 0.6) is 0 Å².